The maximum Gasteiger partial charge on any atom is 0.318 e. The zero-order valence-electron chi connectivity index (χ0n) is 11.5. The average Bonchev–Trinajstić information content (AvgIpc) is 2.21. The molecule has 0 bridgehead atoms. The summed E-state index contributed by atoms with van der Waals surface area (Å²) in [4.78, 5) is 24.8. The van der Waals surface area contributed by atoms with Crippen molar-refractivity contribution in [3.8, 4) is 0 Å². The fourth-order valence-electron chi connectivity index (χ4n) is 2.37. The van der Waals surface area contributed by atoms with Crippen molar-refractivity contribution in [1.82, 2.24) is 10.2 Å². The minimum atomic E-state index is -0.846. The van der Waals surface area contributed by atoms with E-state index < -0.39 is 11.5 Å². The molecule has 0 aromatic rings. The Labute approximate surface area is 109 Å². The van der Waals surface area contributed by atoms with Gasteiger partial charge in [-0.1, -0.05) is 6.92 Å². The lowest BCUT2D eigenvalue weighted by Gasteiger charge is -2.43. The second-order valence-electron chi connectivity index (χ2n) is 5.42. The van der Waals surface area contributed by atoms with Crippen LogP contribution in [0.2, 0.25) is 0 Å². The zero-order valence-corrected chi connectivity index (χ0v) is 11.5. The van der Waals surface area contributed by atoms with Crippen molar-refractivity contribution >= 4 is 12.0 Å². The summed E-state index contributed by atoms with van der Waals surface area (Å²) in [7, 11) is 0. The molecular weight excluding hydrogens is 232 g/mol. The van der Waals surface area contributed by atoms with Gasteiger partial charge in [0.05, 0.1) is 12.0 Å². The first-order valence-corrected chi connectivity index (χ1v) is 6.71. The van der Waals surface area contributed by atoms with E-state index in [0.29, 0.717) is 6.54 Å². The molecule has 0 radical (unpaired) electrons. The maximum absolute atomic E-state index is 12.2. The van der Waals surface area contributed by atoms with Crippen LogP contribution in [0.1, 0.15) is 52.9 Å². The Morgan fingerprint density at radius 3 is 2.33 bits per heavy atom. The van der Waals surface area contributed by atoms with Crippen LogP contribution < -0.4 is 5.32 Å². The van der Waals surface area contributed by atoms with Crippen molar-refractivity contribution in [2.75, 3.05) is 6.54 Å². The third-order valence-electron chi connectivity index (χ3n) is 3.52. The number of carbonyl (C=O) groups excluding carboxylic acids is 1. The summed E-state index contributed by atoms with van der Waals surface area (Å²) in [5, 5.41) is 11.8. The molecule has 2 N–H and O–H groups in total. The molecule has 0 aliphatic heterocycles. The van der Waals surface area contributed by atoms with Crippen molar-refractivity contribution in [1.29, 1.82) is 0 Å². The summed E-state index contributed by atoms with van der Waals surface area (Å²) < 4.78 is 0. The van der Waals surface area contributed by atoms with Gasteiger partial charge in [-0.3, -0.25) is 4.79 Å². The molecule has 1 aliphatic carbocycles. The fraction of sp³-hybridized carbons (Fsp3) is 0.846. The highest BCUT2D eigenvalue weighted by atomic mass is 16.4. The van der Waals surface area contributed by atoms with Crippen molar-refractivity contribution in [3.05, 3.63) is 0 Å². The van der Waals surface area contributed by atoms with Crippen LogP contribution in [0.3, 0.4) is 0 Å². The molecule has 0 aromatic heterocycles. The Hall–Kier alpha value is -1.26. The molecule has 0 spiro atoms. The number of hydrogen-bond acceptors (Lipinski definition) is 2. The molecule has 104 valence electrons. The van der Waals surface area contributed by atoms with E-state index in [1.807, 2.05) is 20.8 Å². The van der Waals surface area contributed by atoms with E-state index in [1.165, 1.54) is 0 Å². The molecule has 1 rings (SSSR count). The van der Waals surface area contributed by atoms with Gasteiger partial charge in [-0.2, -0.15) is 0 Å². The predicted molar refractivity (Wildman–Crippen MR) is 69.5 cm³/mol. The van der Waals surface area contributed by atoms with E-state index in [-0.39, 0.29) is 18.5 Å². The number of carbonyl (C=O) groups is 2. The van der Waals surface area contributed by atoms with Crippen molar-refractivity contribution in [2.24, 2.45) is 0 Å². The minimum absolute atomic E-state index is 0.0246. The topological polar surface area (TPSA) is 69.6 Å². The third-order valence-corrected chi connectivity index (χ3v) is 3.52. The van der Waals surface area contributed by atoms with Crippen LogP contribution in [-0.4, -0.2) is 40.1 Å². The Bertz CT molecular complexity index is 311. The lowest BCUT2D eigenvalue weighted by Crippen LogP contribution is -2.59. The number of aliphatic carboxylic acids is 1. The van der Waals surface area contributed by atoms with E-state index in [0.717, 1.165) is 25.7 Å². The third kappa shape index (κ3) is 3.62. The number of nitrogens with one attached hydrogen (secondary N) is 1. The minimum Gasteiger partial charge on any atom is -0.481 e. The highest BCUT2D eigenvalue weighted by molar-refractivity contribution is 5.77. The smallest absolute Gasteiger partial charge is 0.318 e. The standard InChI is InChI=1S/C13H24N2O3/c1-4-8-15(10(2)3)12(18)14-13(6-5-7-13)9-11(16)17/h10H,4-9H2,1-3H3,(H,14,18)(H,16,17). The van der Waals surface area contributed by atoms with Crippen LogP contribution in [0.5, 0.6) is 0 Å². The van der Waals surface area contributed by atoms with Gasteiger partial charge in [0.25, 0.3) is 0 Å². The number of carboxylic acid groups (broad SMARTS) is 1. The number of rotatable bonds is 6. The van der Waals surface area contributed by atoms with E-state index in [9.17, 15) is 9.59 Å². The summed E-state index contributed by atoms with van der Waals surface area (Å²) >= 11 is 0. The van der Waals surface area contributed by atoms with E-state index in [1.54, 1.807) is 4.90 Å². The van der Waals surface area contributed by atoms with Crippen molar-refractivity contribution < 1.29 is 14.7 Å². The SMILES string of the molecule is CCCN(C(=O)NC1(CC(=O)O)CCC1)C(C)C. The van der Waals surface area contributed by atoms with E-state index >= 15 is 0 Å². The molecule has 5 nitrogen and oxygen atoms in total. The molecule has 0 unspecified atom stereocenters. The summed E-state index contributed by atoms with van der Waals surface area (Å²) in [6.45, 7) is 6.67. The Balaban J connectivity index is 2.63. The van der Waals surface area contributed by atoms with Crippen LogP contribution in [-0.2, 0) is 4.79 Å². The van der Waals surface area contributed by atoms with Crippen LogP contribution in [0, 0.1) is 0 Å². The second kappa shape index (κ2) is 6.07. The Morgan fingerprint density at radius 1 is 1.39 bits per heavy atom. The monoisotopic (exact) mass is 256 g/mol. The van der Waals surface area contributed by atoms with E-state index in [4.69, 9.17) is 5.11 Å². The molecule has 2 amide bonds. The van der Waals surface area contributed by atoms with Crippen LogP contribution >= 0.6 is 0 Å². The van der Waals surface area contributed by atoms with Crippen LogP contribution in [0.25, 0.3) is 0 Å². The number of nitrogens with zero attached hydrogens (tertiary/aromatic N) is 1. The molecule has 0 heterocycles. The highest BCUT2D eigenvalue weighted by Gasteiger charge is 2.41. The molecule has 0 saturated heterocycles. The molecule has 1 fully saturated rings. The van der Waals surface area contributed by atoms with Gasteiger partial charge in [-0.05, 0) is 39.5 Å². The second-order valence-corrected chi connectivity index (χ2v) is 5.42. The summed E-state index contributed by atoms with van der Waals surface area (Å²) in [5.41, 5.74) is -0.510. The average molecular weight is 256 g/mol. The van der Waals surface area contributed by atoms with Crippen LogP contribution in [0.15, 0.2) is 0 Å². The summed E-state index contributed by atoms with van der Waals surface area (Å²) in [6.07, 6.45) is 3.45. The summed E-state index contributed by atoms with van der Waals surface area (Å²) in [5.74, 6) is -0.846. The van der Waals surface area contributed by atoms with E-state index in [2.05, 4.69) is 5.32 Å². The van der Waals surface area contributed by atoms with Gasteiger partial charge in [0, 0.05) is 12.6 Å². The largest absolute Gasteiger partial charge is 0.481 e. The van der Waals surface area contributed by atoms with Gasteiger partial charge < -0.3 is 15.3 Å². The number of amides is 2. The first kappa shape index (κ1) is 14.8. The molecule has 5 heteroatoms. The molecule has 0 atom stereocenters. The highest BCUT2D eigenvalue weighted by Crippen LogP contribution is 2.35. The number of carboxylic acids is 1. The lowest BCUT2D eigenvalue weighted by molar-refractivity contribution is -0.139. The molecular formula is C13H24N2O3. The van der Waals surface area contributed by atoms with Crippen molar-refractivity contribution in [2.45, 2.75) is 64.5 Å². The molecule has 1 aliphatic rings. The first-order chi connectivity index (χ1) is 8.40. The maximum atomic E-state index is 12.2. The van der Waals surface area contributed by atoms with Gasteiger partial charge >= 0.3 is 12.0 Å². The van der Waals surface area contributed by atoms with Gasteiger partial charge in [0.1, 0.15) is 0 Å². The van der Waals surface area contributed by atoms with Gasteiger partial charge in [-0.15, -0.1) is 0 Å². The quantitative estimate of drug-likeness (QED) is 0.765. The molecule has 0 aromatic carbocycles. The zero-order chi connectivity index (χ0) is 13.8. The Kier molecular flexibility index (Phi) is 4.99. The van der Waals surface area contributed by atoms with Gasteiger partial charge in [0.2, 0.25) is 0 Å². The summed E-state index contributed by atoms with van der Waals surface area (Å²) in [6, 6.07) is -0.000274. The number of hydrogen-bond donors (Lipinski definition) is 2. The van der Waals surface area contributed by atoms with Gasteiger partial charge in [-0.25, -0.2) is 4.79 Å². The molecule has 1 saturated carbocycles. The van der Waals surface area contributed by atoms with Crippen LogP contribution in [0.4, 0.5) is 4.79 Å². The normalized spacial score (nSPS) is 17.1. The van der Waals surface area contributed by atoms with Gasteiger partial charge in [0.15, 0.2) is 0 Å². The molecule has 18 heavy (non-hydrogen) atoms. The fourth-order valence-corrected chi connectivity index (χ4v) is 2.37. The number of urea groups is 1. The van der Waals surface area contributed by atoms with Crippen molar-refractivity contribution in [3.63, 3.8) is 0 Å². The lowest BCUT2D eigenvalue weighted by atomic mass is 9.74. The Morgan fingerprint density at radius 2 is 2.00 bits per heavy atom. The predicted octanol–water partition coefficient (Wildman–Crippen LogP) is 2.21. The first-order valence-electron chi connectivity index (χ1n) is 6.71.